The predicted octanol–water partition coefficient (Wildman–Crippen LogP) is 0.528. The van der Waals surface area contributed by atoms with Gasteiger partial charge in [0.1, 0.15) is 6.04 Å². The molecule has 1 aromatic carbocycles. The summed E-state index contributed by atoms with van der Waals surface area (Å²) in [6.07, 6.45) is 2.06. The first-order valence-electron chi connectivity index (χ1n) is 4.96. The van der Waals surface area contributed by atoms with Crippen molar-refractivity contribution in [2.24, 2.45) is 12.8 Å². The minimum atomic E-state index is -0.981. The van der Waals surface area contributed by atoms with Gasteiger partial charge in [-0.25, -0.2) is 4.98 Å². The van der Waals surface area contributed by atoms with Gasteiger partial charge in [0.15, 0.2) is 0 Å². The summed E-state index contributed by atoms with van der Waals surface area (Å²) in [7, 11) is 1.90. The van der Waals surface area contributed by atoms with Crippen LogP contribution in [0.5, 0.6) is 0 Å². The van der Waals surface area contributed by atoms with E-state index in [4.69, 9.17) is 10.8 Å². The van der Waals surface area contributed by atoms with E-state index < -0.39 is 12.0 Å². The molecule has 0 aliphatic heterocycles. The molecule has 1 aromatic heterocycles. The standard InChI is InChI=1S/C11H13N3O2/c1-14-6-13-9-3-2-7(5-10(9)14)4-8(12)11(15)16/h2-3,5-6,8H,4,12H2,1H3,(H,15,16). The monoisotopic (exact) mass is 219 g/mol. The number of nitrogens with two attached hydrogens (primary N) is 1. The molecule has 0 radical (unpaired) electrons. The van der Waals surface area contributed by atoms with Crippen LogP contribution in [0.3, 0.4) is 0 Å². The highest BCUT2D eigenvalue weighted by Crippen LogP contribution is 2.14. The Morgan fingerprint density at radius 3 is 3.06 bits per heavy atom. The van der Waals surface area contributed by atoms with Gasteiger partial charge in [-0.2, -0.15) is 0 Å². The fourth-order valence-electron chi connectivity index (χ4n) is 1.64. The highest BCUT2D eigenvalue weighted by Gasteiger charge is 2.12. The van der Waals surface area contributed by atoms with Gasteiger partial charge in [0.2, 0.25) is 0 Å². The van der Waals surface area contributed by atoms with Crippen molar-refractivity contribution in [1.29, 1.82) is 0 Å². The maximum atomic E-state index is 10.6. The summed E-state index contributed by atoms with van der Waals surface area (Å²) in [5, 5.41) is 8.73. The topological polar surface area (TPSA) is 81.1 Å². The summed E-state index contributed by atoms with van der Waals surface area (Å²) in [4.78, 5) is 14.8. The van der Waals surface area contributed by atoms with Crippen LogP contribution in [-0.4, -0.2) is 26.7 Å². The summed E-state index contributed by atoms with van der Waals surface area (Å²) < 4.78 is 1.89. The number of hydrogen-bond donors (Lipinski definition) is 2. The predicted molar refractivity (Wildman–Crippen MR) is 60.0 cm³/mol. The van der Waals surface area contributed by atoms with Crippen molar-refractivity contribution < 1.29 is 9.90 Å². The Bertz CT molecular complexity index is 533. The number of carboxylic acids is 1. The zero-order valence-electron chi connectivity index (χ0n) is 8.92. The molecule has 0 aliphatic carbocycles. The molecule has 2 rings (SSSR count). The van der Waals surface area contributed by atoms with Crippen molar-refractivity contribution >= 4 is 17.0 Å². The molecule has 16 heavy (non-hydrogen) atoms. The van der Waals surface area contributed by atoms with Gasteiger partial charge in [-0.1, -0.05) is 6.07 Å². The minimum absolute atomic E-state index is 0.330. The average Bonchev–Trinajstić information content (AvgIpc) is 2.60. The Kier molecular flexibility index (Phi) is 2.62. The summed E-state index contributed by atoms with van der Waals surface area (Å²) in [5.74, 6) is -0.981. The molecule has 1 unspecified atom stereocenters. The molecule has 0 saturated heterocycles. The van der Waals surface area contributed by atoms with Crippen molar-refractivity contribution in [3.63, 3.8) is 0 Å². The third-order valence-electron chi connectivity index (χ3n) is 2.56. The summed E-state index contributed by atoms with van der Waals surface area (Å²) in [6.45, 7) is 0. The van der Waals surface area contributed by atoms with Crippen molar-refractivity contribution in [2.75, 3.05) is 0 Å². The normalized spacial score (nSPS) is 12.9. The second kappa shape index (κ2) is 3.94. The van der Waals surface area contributed by atoms with Crippen molar-refractivity contribution in [2.45, 2.75) is 12.5 Å². The van der Waals surface area contributed by atoms with Crippen LogP contribution >= 0.6 is 0 Å². The van der Waals surface area contributed by atoms with Crippen LogP contribution in [0.2, 0.25) is 0 Å². The Hall–Kier alpha value is -1.88. The maximum absolute atomic E-state index is 10.6. The first-order valence-corrected chi connectivity index (χ1v) is 4.96. The van der Waals surface area contributed by atoms with Crippen LogP contribution in [0, 0.1) is 0 Å². The summed E-state index contributed by atoms with van der Waals surface area (Å²) >= 11 is 0. The molecule has 0 amide bonds. The second-order valence-corrected chi connectivity index (χ2v) is 3.83. The van der Waals surface area contributed by atoms with E-state index >= 15 is 0 Å². The van der Waals surface area contributed by atoms with E-state index in [1.54, 1.807) is 6.33 Å². The molecule has 84 valence electrons. The number of nitrogens with zero attached hydrogens (tertiary/aromatic N) is 2. The van der Waals surface area contributed by atoms with Gasteiger partial charge in [0.25, 0.3) is 0 Å². The van der Waals surface area contributed by atoms with Crippen LogP contribution in [0.15, 0.2) is 24.5 Å². The van der Waals surface area contributed by atoms with Gasteiger partial charge in [-0.3, -0.25) is 4.79 Å². The SMILES string of the molecule is Cn1cnc2ccc(CC(N)C(=O)O)cc21. The van der Waals surface area contributed by atoms with Crippen LogP contribution < -0.4 is 5.73 Å². The van der Waals surface area contributed by atoms with E-state index in [1.807, 2.05) is 29.8 Å². The van der Waals surface area contributed by atoms with Crippen LogP contribution in [-0.2, 0) is 18.3 Å². The van der Waals surface area contributed by atoms with E-state index in [0.717, 1.165) is 16.6 Å². The summed E-state index contributed by atoms with van der Waals surface area (Å²) in [5.41, 5.74) is 8.27. The smallest absolute Gasteiger partial charge is 0.320 e. The number of aryl methyl sites for hydroxylation is 1. The van der Waals surface area contributed by atoms with Gasteiger partial charge in [0.05, 0.1) is 17.4 Å². The Labute approximate surface area is 92.5 Å². The number of aromatic nitrogens is 2. The van der Waals surface area contributed by atoms with E-state index in [1.165, 1.54) is 0 Å². The number of benzene rings is 1. The zero-order valence-corrected chi connectivity index (χ0v) is 8.92. The molecule has 0 fully saturated rings. The maximum Gasteiger partial charge on any atom is 0.320 e. The average molecular weight is 219 g/mol. The molecule has 1 atom stereocenters. The van der Waals surface area contributed by atoms with E-state index in [9.17, 15) is 4.79 Å². The first-order chi connectivity index (χ1) is 7.58. The number of hydrogen-bond acceptors (Lipinski definition) is 3. The number of rotatable bonds is 3. The number of fused-ring (bicyclic) bond motifs is 1. The van der Waals surface area contributed by atoms with Gasteiger partial charge in [0, 0.05) is 7.05 Å². The highest BCUT2D eigenvalue weighted by molar-refractivity contribution is 5.77. The lowest BCUT2D eigenvalue weighted by Gasteiger charge is -2.06. The van der Waals surface area contributed by atoms with E-state index in [-0.39, 0.29) is 0 Å². The van der Waals surface area contributed by atoms with Crippen molar-refractivity contribution in [1.82, 2.24) is 9.55 Å². The molecular weight excluding hydrogens is 206 g/mol. The van der Waals surface area contributed by atoms with Crippen molar-refractivity contribution in [3.05, 3.63) is 30.1 Å². The molecule has 5 nitrogen and oxygen atoms in total. The fourth-order valence-corrected chi connectivity index (χ4v) is 1.64. The largest absolute Gasteiger partial charge is 0.480 e. The molecule has 5 heteroatoms. The molecule has 2 aromatic rings. The van der Waals surface area contributed by atoms with Gasteiger partial charge < -0.3 is 15.4 Å². The van der Waals surface area contributed by atoms with Crippen LogP contribution in [0.4, 0.5) is 0 Å². The van der Waals surface area contributed by atoms with E-state index in [2.05, 4.69) is 4.98 Å². The molecule has 1 heterocycles. The lowest BCUT2D eigenvalue weighted by Crippen LogP contribution is -2.32. The van der Waals surface area contributed by atoms with Gasteiger partial charge in [-0.05, 0) is 24.1 Å². The molecule has 0 saturated carbocycles. The lowest BCUT2D eigenvalue weighted by atomic mass is 10.1. The lowest BCUT2D eigenvalue weighted by molar-refractivity contribution is -0.138. The Morgan fingerprint density at radius 2 is 2.38 bits per heavy atom. The molecule has 0 aliphatic rings. The third-order valence-corrected chi connectivity index (χ3v) is 2.56. The molecular formula is C11H13N3O2. The quantitative estimate of drug-likeness (QED) is 0.788. The minimum Gasteiger partial charge on any atom is -0.480 e. The second-order valence-electron chi connectivity index (χ2n) is 3.83. The molecule has 0 spiro atoms. The fraction of sp³-hybridized carbons (Fsp3) is 0.273. The van der Waals surface area contributed by atoms with Crippen LogP contribution in [0.1, 0.15) is 5.56 Å². The summed E-state index contributed by atoms with van der Waals surface area (Å²) in [6, 6.07) is 4.80. The van der Waals surface area contributed by atoms with E-state index in [0.29, 0.717) is 6.42 Å². The first kappa shape index (κ1) is 10.6. The van der Waals surface area contributed by atoms with Gasteiger partial charge >= 0.3 is 5.97 Å². The zero-order chi connectivity index (χ0) is 11.7. The van der Waals surface area contributed by atoms with Crippen LogP contribution in [0.25, 0.3) is 11.0 Å². The Morgan fingerprint density at radius 1 is 1.62 bits per heavy atom. The number of carboxylic acid groups (broad SMARTS) is 1. The number of aliphatic carboxylic acids is 1. The van der Waals surface area contributed by atoms with Crippen molar-refractivity contribution in [3.8, 4) is 0 Å². The number of imidazole rings is 1. The van der Waals surface area contributed by atoms with Gasteiger partial charge in [-0.15, -0.1) is 0 Å². The molecule has 3 N–H and O–H groups in total. The number of carbonyl (C=O) groups is 1. The molecule has 0 bridgehead atoms. The Balaban J connectivity index is 2.32. The highest BCUT2D eigenvalue weighted by atomic mass is 16.4. The third kappa shape index (κ3) is 1.90.